The minimum atomic E-state index is -0.256. The molecule has 3 fully saturated rings. The van der Waals surface area contributed by atoms with Crippen molar-refractivity contribution in [1.29, 1.82) is 0 Å². The fourth-order valence-electron chi connectivity index (χ4n) is 7.13. The average molecular weight is 678 g/mol. The summed E-state index contributed by atoms with van der Waals surface area (Å²) in [7, 11) is 1.67. The predicted molar refractivity (Wildman–Crippen MR) is 184 cm³/mol. The van der Waals surface area contributed by atoms with Crippen LogP contribution >= 0.6 is 0 Å². The number of amides is 4. The predicted octanol–water partition coefficient (Wildman–Crippen LogP) is 2.33. The number of ether oxygens (including phenoxy) is 3. The summed E-state index contributed by atoms with van der Waals surface area (Å²) in [4.78, 5) is 58.5. The second-order valence-electron chi connectivity index (χ2n) is 13.2. The Balaban J connectivity index is 1.21. The fourth-order valence-corrected chi connectivity index (χ4v) is 7.13. The van der Waals surface area contributed by atoms with E-state index in [4.69, 9.17) is 14.2 Å². The van der Waals surface area contributed by atoms with E-state index in [-0.39, 0.29) is 67.9 Å². The molecule has 0 aliphatic carbocycles. The van der Waals surface area contributed by atoms with Crippen LogP contribution in [-0.2, 0) is 30.4 Å². The number of carbonyl (C=O) groups is 4. The van der Waals surface area contributed by atoms with Gasteiger partial charge in [0.15, 0.2) is 0 Å². The number of methoxy groups -OCH3 is 1. The fraction of sp³-hybridized carbons (Fsp3) is 0.568. The Hall–Kier alpha value is -4.00. The Morgan fingerprint density at radius 3 is 2.41 bits per heavy atom. The third-order valence-electron chi connectivity index (χ3n) is 9.81. The highest BCUT2D eigenvalue weighted by molar-refractivity contribution is 5.94. The summed E-state index contributed by atoms with van der Waals surface area (Å²) >= 11 is 0. The van der Waals surface area contributed by atoms with Gasteiger partial charge < -0.3 is 34.6 Å². The zero-order valence-electron chi connectivity index (χ0n) is 28.6. The minimum Gasteiger partial charge on any atom is -0.497 e. The van der Waals surface area contributed by atoms with Gasteiger partial charge in [0.05, 0.1) is 33.5 Å². The maximum Gasteiger partial charge on any atom is 0.253 e. The van der Waals surface area contributed by atoms with Crippen molar-refractivity contribution in [3.63, 3.8) is 0 Å². The van der Waals surface area contributed by atoms with E-state index in [2.05, 4.69) is 27.7 Å². The van der Waals surface area contributed by atoms with E-state index >= 15 is 0 Å². The molecular weight excluding hydrogens is 626 g/mol. The molecule has 0 radical (unpaired) electrons. The number of hydrogen-bond acceptors (Lipinski definition) is 8. The normalized spacial score (nSPS) is 23.3. The number of nitrogens with one attached hydrogen (secondary N) is 2. The van der Waals surface area contributed by atoms with Crippen molar-refractivity contribution in [2.24, 2.45) is 11.8 Å². The van der Waals surface area contributed by atoms with Gasteiger partial charge in [-0.05, 0) is 73.9 Å². The van der Waals surface area contributed by atoms with Crippen LogP contribution in [0.4, 0.5) is 0 Å². The standard InChI is InChI=1S/C37H51N5O7/c1-47-33-9-5-6-28(22-33)24-40-16-11-30-23-34(43)39-15-19-48-20-21-49-27-36(45)42(26-35(44)38-14-10-31(30)25-40)32-12-17-41(18-13-32)37(46)29-7-3-2-4-8-29/h2-9,22,30-32H,10-21,23-27H2,1H3,(H,38,44)(H,39,43)/t30-,31-/m0/s1. The Bertz CT molecular complexity index is 1380. The largest absolute Gasteiger partial charge is 0.497 e. The van der Waals surface area contributed by atoms with Crippen molar-refractivity contribution in [2.75, 3.05) is 79.4 Å². The van der Waals surface area contributed by atoms with E-state index in [9.17, 15) is 19.2 Å². The smallest absolute Gasteiger partial charge is 0.253 e. The lowest BCUT2D eigenvalue weighted by molar-refractivity contribution is -0.143. The number of nitrogens with zero attached hydrogens (tertiary/aromatic N) is 3. The highest BCUT2D eigenvalue weighted by Gasteiger charge is 2.33. The Kier molecular flexibility index (Phi) is 13.8. The maximum atomic E-state index is 13.4. The van der Waals surface area contributed by atoms with Crippen molar-refractivity contribution in [3.05, 3.63) is 65.7 Å². The number of benzene rings is 2. The molecule has 0 aromatic heterocycles. The highest BCUT2D eigenvalue weighted by atomic mass is 16.5. The lowest BCUT2D eigenvalue weighted by Crippen LogP contribution is -2.52. The molecule has 0 spiro atoms. The monoisotopic (exact) mass is 677 g/mol. The van der Waals surface area contributed by atoms with E-state index in [1.807, 2.05) is 47.4 Å². The first-order valence-electron chi connectivity index (χ1n) is 17.6. The lowest BCUT2D eigenvalue weighted by Gasteiger charge is -2.39. The van der Waals surface area contributed by atoms with Gasteiger partial charge in [-0.15, -0.1) is 0 Å². The summed E-state index contributed by atoms with van der Waals surface area (Å²) in [5.41, 5.74) is 1.81. The Morgan fingerprint density at radius 1 is 0.837 bits per heavy atom. The number of fused-ring (bicyclic) bond motifs is 1. The molecular formula is C37H51N5O7. The summed E-state index contributed by atoms with van der Waals surface area (Å²) in [6.45, 7) is 4.97. The van der Waals surface area contributed by atoms with Gasteiger partial charge in [0, 0.05) is 57.3 Å². The summed E-state index contributed by atoms with van der Waals surface area (Å²) in [6.07, 6.45) is 3.20. The summed E-state index contributed by atoms with van der Waals surface area (Å²) < 4.78 is 16.7. The van der Waals surface area contributed by atoms with E-state index < -0.39 is 0 Å². The van der Waals surface area contributed by atoms with E-state index in [0.29, 0.717) is 57.6 Å². The van der Waals surface area contributed by atoms with E-state index in [1.165, 1.54) is 5.56 Å². The second kappa shape index (κ2) is 18.7. The van der Waals surface area contributed by atoms with Crippen LogP contribution in [0.1, 0.15) is 48.0 Å². The average Bonchev–Trinajstić information content (AvgIpc) is 3.12. The Morgan fingerprint density at radius 2 is 1.61 bits per heavy atom. The van der Waals surface area contributed by atoms with Gasteiger partial charge in [0.25, 0.3) is 5.91 Å². The first-order chi connectivity index (χ1) is 23.9. The van der Waals surface area contributed by atoms with Crippen molar-refractivity contribution >= 4 is 23.6 Å². The van der Waals surface area contributed by atoms with Crippen LogP contribution in [0.15, 0.2) is 54.6 Å². The van der Waals surface area contributed by atoms with E-state index in [1.54, 1.807) is 12.0 Å². The molecule has 49 heavy (non-hydrogen) atoms. The summed E-state index contributed by atoms with van der Waals surface area (Å²) in [5, 5.41) is 6.05. The molecule has 12 heteroatoms. The summed E-state index contributed by atoms with van der Waals surface area (Å²) in [6, 6.07) is 17.1. The zero-order valence-corrected chi connectivity index (χ0v) is 28.6. The van der Waals surface area contributed by atoms with Crippen molar-refractivity contribution in [1.82, 2.24) is 25.3 Å². The topological polar surface area (TPSA) is 130 Å². The molecule has 2 aromatic rings. The molecule has 3 heterocycles. The van der Waals surface area contributed by atoms with Crippen LogP contribution in [0.5, 0.6) is 5.75 Å². The van der Waals surface area contributed by atoms with Crippen molar-refractivity contribution in [3.8, 4) is 5.75 Å². The highest BCUT2D eigenvalue weighted by Crippen LogP contribution is 2.30. The molecule has 0 bridgehead atoms. The van der Waals surface area contributed by atoms with E-state index in [0.717, 1.165) is 38.2 Å². The maximum absolute atomic E-state index is 13.4. The van der Waals surface area contributed by atoms with Crippen LogP contribution in [0.25, 0.3) is 0 Å². The molecule has 12 nitrogen and oxygen atoms in total. The SMILES string of the molecule is COc1cccc(CN2CC[C@H]3CC(=O)NCCOCCOCC(=O)N(C4CCN(C(=O)c5ccccc5)CC4)CC(=O)NCC[C@H]3C2)c1. The molecule has 3 aliphatic rings. The Labute approximate surface area is 289 Å². The minimum absolute atomic E-state index is 0.0100. The summed E-state index contributed by atoms with van der Waals surface area (Å²) in [5.74, 6) is 0.730. The van der Waals surface area contributed by atoms with Gasteiger partial charge in [-0.25, -0.2) is 0 Å². The number of rotatable bonds is 5. The first kappa shape index (κ1) is 36.3. The number of likely N-dealkylation sites (tertiary alicyclic amines) is 2. The van der Waals surface area contributed by atoms with Crippen LogP contribution in [-0.4, -0.2) is 124 Å². The third kappa shape index (κ3) is 11.0. The van der Waals surface area contributed by atoms with Crippen LogP contribution in [0.2, 0.25) is 0 Å². The quantitative estimate of drug-likeness (QED) is 0.494. The molecule has 0 saturated carbocycles. The molecule has 266 valence electrons. The molecule has 5 rings (SSSR count). The zero-order chi connectivity index (χ0) is 34.4. The third-order valence-corrected chi connectivity index (χ3v) is 9.81. The number of piperidine rings is 2. The van der Waals surface area contributed by atoms with Gasteiger partial charge in [0.2, 0.25) is 17.7 Å². The molecule has 3 saturated heterocycles. The second-order valence-corrected chi connectivity index (χ2v) is 13.2. The molecule has 2 aromatic carbocycles. The molecule has 3 aliphatic heterocycles. The lowest BCUT2D eigenvalue weighted by atomic mass is 9.80. The molecule has 4 amide bonds. The van der Waals surface area contributed by atoms with Crippen LogP contribution in [0, 0.1) is 11.8 Å². The van der Waals surface area contributed by atoms with Gasteiger partial charge in [-0.1, -0.05) is 30.3 Å². The number of carbonyl (C=O) groups excluding carboxylic acids is 4. The molecule has 0 unspecified atom stereocenters. The van der Waals surface area contributed by atoms with Crippen LogP contribution < -0.4 is 15.4 Å². The van der Waals surface area contributed by atoms with Gasteiger partial charge >= 0.3 is 0 Å². The number of hydrogen-bond donors (Lipinski definition) is 2. The van der Waals surface area contributed by atoms with Crippen LogP contribution in [0.3, 0.4) is 0 Å². The first-order valence-corrected chi connectivity index (χ1v) is 17.6. The van der Waals surface area contributed by atoms with Crippen molar-refractivity contribution < 1.29 is 33.4 Å². The van der Waals surface area contributed by atoms with Gasteiger partial charge in [0.1, 0.15) is 12.4 Å². The van der Waals surface area contributed by atoms with Crippen molar-refractivity contribution in [2.45, 2.75) is 44.7 Å². The molecule has 2 atom stereocenters. The van der Waals surface area contributed by atoms with Gasteiger partial charge in [-0.3, -0.25) is 24.1 Å². The molecule has 2 N–H and O–H groups in total. The van der Waals surface area contributed by atoms with Gasteiger partial charge in [-0.2, -0.15) is 0 Å².